The molecule has 3 heteroatoms. The molecule has 0 radical (unpaired) electrons. The fourth-order valence-corrected chi connectivity index (χ4v) is 2.45. The number of carbonyl (C=O) groups excluding carboxylic acids is 1. The van der Waals surface area contributed by atoms with Crippen molar-refractivity contribution in [3.8, 4) is 11.5 Å². The van der Waals surface area contributed by atoms with Crippen LogP contribution in [0.15, 0.2) is 42.5 Å². The number of rotatable bonds is 4. The average molecular weight is 282 g/mol. The Morgan fingerprint density at radius 3 is 2.52 bits per heavy atom. The zero-order valence-corrected chi connectivity index (χ0v) is 12.3. The van der Waals surface area contributed by atoms with E-state index in [9.17, 15) is 4.79 Å². The molecule has 1 aliphatic heterocycles. The van der Waals surface area contributed by atoms with E-state index >= 15 is 0 Å². The summed E-state index contributed by atoms with van der Waals surface area (Å²) in [6, 6.07) is 12.9. The minimum Gasteiger partial charge on any atom is -0.493 e. The molecule has 0 aromatic heterocycles. The molecule has 0 saturated heterocycles. The van der Waals surface area contributed by atoms with Crippen LogP contribution in [0.4, 0.5) is 0 Å². The van der Waals surface area contributed by atoms with E-state index in [0.717, 1.165) is 23.5 Å². The van der Waals surface area contributed by atoms with E-state index in [-0.39, 0.29) is 11.9 Å². The highest BCUT2D eigenvalue weighted by molar-refractivity contribution is 6.09. The summed E-state index contributed by atoms with van der Waals surface area (Å²) in [7, 11) is 0. The van der Waals surface area contributed by atoms with E-state index in [0.29, 0.717) is 17.7 Å². The van der Waals surface area contributed by atoms with Gasteiger partial charge in [-0.1, -0.05) is 0 Å². The highest BCUT2D eigenvalue weighted by Gasteiger charge is 2.16. The number of hydrogen-bond donors (Lipinski definition) is 0. The summed E-state index contributed by atoms with van der Waals surface area (Å²) < 4.78 is 11.1. The Morgan fingerprint density at radius 2 is 1.81 bits per heavy atom. The molecule has 0 unspecified atom stereocenters. The predicted molar refractivity (Wildman–Crippen MR) is 81.3 cm³/mol. The van der Waals surface area contributed by atoms with E-state index in [1.807, 2.05) is 56.3 Å². The van der Waals surface area contributed by atoms with Gasteiger partial charge in [0.05, 0.1) is 12.7 Å². The summed E-state index contributed by atoms with van der Waals surface area (Å²) >= 11 is 0. The highest BCUT2D eigenvalue weighted by atomic mass is 16.5. The second-order valence-electron chi connectivity index (χ2n) is 5.44. The molecule has 2 aromatic carbocycles. The Morgan fingerprint density at radius 1 is 1.10 bits per heavy atom. The first kappa shape index (κ1) is 13.7. The van der Waals surface area contributed by atoms with Crippen molar-refractivity contribution in [1.82, 2.24) is 0 Å². The molecule has 0 saturated carbocycles. The monoisotopic (exact) mass is 282 g/mol. The average Bonchev–Trinajstić information content (AvgIpc) is 2.94. The molecule has 0 N–H and O–H groups in total. The molecule has 3 nitrogen and oxygen atoms in total. The summed E-state index contributed by atoms with van der Waals surface area (Å²) in [6.45, 7) is 4.66. The normalized spacial score (nSPS) is 12.9. The van der Waals surface area contributed by atoms with Gasteiger partial charge in [0.15, 0.2) is 5.78 Å². The zero-order chi connectivity index (χ0) is 14.8. The third-order valence-corrected chi connectivity index (χ3v) is 3.44. The molecule has 108 valence electrons. The fourth-order valence-electron chi connectivity index (χ4n) is 2.45. The maximum atomic E-state index is 12.5. The van der Waals surface area contributed by atoms with Gasteiger partial charge in [-0.2, -0.15) is 0 Å². The Kier molecular flexibility index (Phi) is 3.65. The quantitative estimate of drug-likeness (QED) is 0.803. The van der Waals surface area contributed by atoms with E-state index in [4.69, 9.17) is 9.47 Å². The SMILES string of the molecule is CC(C)Oc1ccc(C(=O)c2ccc3c(c2)CCO3)cc1. The summed E-state index contributed by atoms with van der Waals surface area (Å²) in [5, 5.41) is 0. The van der Waals surface area contributed by atoms with Gasteiger partial charge >= 0.3 is 0 Å². The third kappa shape index (κ3) is 2.92. The smallest absolute Gasteiger partial charge is 0.193 e. The second kappa shape index (κ2) is 5.60. The van der Waals surface area contributed by atoms with Gasteiger partial charge in [0.25, 0.3) is 0 Å². The van der Waals surface area contributed by atoms with E-state index < -0.39 is 0 Å². The number of ether oxygens (including phenoxy) is 2. The largest absolute Gasteiger partial charge is 0.493 e. The number of hydrogen-bond acceptors (Lipinski definition) is 3. The number of carbonyl (C=O) groups is 1. The lowest BCUT2D eigenvalue weighted by Gasteiger charge is -2.10. The number of ketones is 1. The van der Waals surface area contributed by atoms with Crippen molar-refractivity contribution in [3.05, 3.63) is 59.2 Å². The molecule has 0 fully saturated rings. The van der Waals surface area contributed by atoms with Crippen molar-refractivity contribution >= 4 is 5.78 Å². The molecule has 21 heavy (non-hydrogen) atoms. The summed E-state index contributed by atoms with van der Waals surface area (Å²) in [5.41, 5.74) is 2.49. The Bertz CT molecular complexity index is 657. The van der Waals surface area contributed by atoms with Crippen LogP contribution in [0.3, 0.4) is 0 Å². The maximum Gasteiger partial charge on any atom is 0.193 e. The summed E-state index contributed by atoms with van der Waals surface area (Å²) in [5.74, 6) is 1.71. The van der Waals surface area contributed by atoms with Gasteiger partial charge in [0.2, 0.25) is 0 Å². The fraction of sp³-hybridized carbons (Fsp3) is 0.278. The van der Waals surface area contributed by atoms with E-state index in [2.05, 4.69) is 0 Å². The minimum atomic E-state index is 0.0285. The summed E-state index contributed by atoms with van der Waals surface area (Å²) in [6.07, 6.45) is 1.00. The van der Waals surface area contributed by atoms with Crippen molar-refractivity contribution in [2.45, 2.75) is 26.4 Å². The van der Waals surface area contributed by atoms with Gasteiger partial charge in [0.1, 0.15) is 11.5 Å². The first-order valence-corrected chi connectivity index (χ1v) is 7.20. The molecule has 0 spiro atoms. The molecule has 0 aliphatic carbocycles. The Hall–Kier alpha value is -2.29. The number of fused-ring (bicyclic) bond motifs is 1. The standard InChI is InChI=1S/C18H18O3/c1-12(2)21-16-6-3-13(4-7-16)18(19)15-5-8-17-14(11-15)9-10-20-17/h3-8,11-12H,9-10H2,1-2H3. The highest BCUT2D eigenvalue weighted by Crippen LogP contribution is 2.27. The maximum absolute atomic E-state index is 12.5. The zero-order valence-electron chi connectivity index (χ0n) is 12.3. The van der Waals surface area contributed by atoms with Crippen LogP contribution >= 0.6 is 0 Å². The van der Waals surface area contributed by atoms with Gasteiger partial charge in [-0.05, 0) is 61.9 Å². The van der Waals surface area contributed by atoms with Crippen LogP contribution in [0.1, 0.15) is 35.3 Å². The lowest BCUT2D eigenvalue weighted by molar-refractivity contribution is 0.103. The lowest BCUT2D eigenvalue weighted by Crippen LogP contribution is -2.06. The van der Waals surface area contributed by atoms with Gasteiger partial charge in [-0.15, -0.1) is 0 Å². The van der Waals surface area contributed by atoms with Gasteiger partial charge < -0.3 is 9.47 Å². The topological polar surface area (TPSA) is 35.5 Å². The molecule has 3 rings (SSSR count). The van der Waals surface area contributed by atoms with Crippen LogP contribution in [-0.4, -0.2) is 18.5 Å². The van der Waals surface area contributed by atoms with Crippen LogP contribution in [0.5, 0.6) is 11.5 Å². The van der Waals surface area contributed by atoms with Crippen LogP contribution in [0, 0.1) is 0 Å². The molecule has 0 amide bonds. The molecular weight excluding hydrogens is 264 g/mol. The first-order valence-electron chi connectivity index (χ1n) is 7.20. The van der Waals surface area contributed by atoms with Crippen molar-refractivity contribution in [2.24, 2.45) is 0 Å². The molecule has 0 bridgehead atoms. The van der Waals surface area contributed by atoms with Crippen LogP contribution in [0.25, 0.3) is 0 Å². The first-order chi connectivity index (χ1) is 10.1. The van der Waals surface area contributed by atoms with Crippen molar-refractivity contribution in [2.75, 3.05) is 6.61 Å². The van der Waals surface area contributed by atoms with Crippen LogP contribution < -0.4 is 9.47 Å². The van der Waals surface area contributed by atoms with Crippen molar-refractivity contribution in [3.63, 3.8) is 0 Å². The molecule has 1 aliphatic rings. The van der Waals surface area contributed by atoms with Crippen LogP contribution in [0.2, 0.25) is 0 Å². The molecular formula is C18H18O3. The van der Waals surface area contributed by atoms with E-state index in [1.165, 1.54) is 0 Å². The van der Waals surface area contributed by atoms with Gasteiger partial charge in [-0.25, -0.2) is 0 Å². The number of benzene rings is 2. The Balaban J connectivity index is 1.81. The van der Waals surface area contributed by atoms with Crippen molar-refractivity contribution < 1.29 is 14.3 Å². The predicted octanol–water partition coefficient (Wildman–Crippen LogP) is 3.64. The van der Waals surface area contributed by atoms with Gasteiger partial charge in [0, 0.05) is 17.5 Å². The van der Waals surface area contributed by atoms with Crippen molar-refractivity contribution in [1.29, 1.82) is 0 Å². The molecule has 0 atom stereocenters. The molecule has 2 aromatic rings. The van der Waals surface area contributed by atoms with Crippen LogP contribution in [-0.2, 0) is 6.42 Å². The molecule has 1 heterocycles. The Labute approximate surface area is 124 Å². The second-order valence-corrected chi connectivity index (χ2v) is 5.44. The van der Waals surface area contributed by atoms with Gasteiger partial charge in [-0.3, -0.25) is 4.79 Å². The lowest BCUT2D eigenvalue weighted by atomic mass is 10.0. The third-order valence-electron chi connectivity index (χ3n) is 3.44. The van der Waals surface area contributed by atoms with E-state index in [1.54, 1.807) is 0 Å². The summed E-state index contributed by atoms with van der Waals surface area (Å²) in [4.78, 5) is 12.5. The minimum absolute atomic E-state index is 0.0285.